The molecule has 5 aromatic carbocycles. The van der Waals surface area contributed by atoms with Crippen LogP contribution in [0, 0.1) is 50.4 Å². The number of nitrogens with one attached hydrogen (secondary N) is 2. The lowest BCUT2D eigenvalue weighted by molar-refractivity contribution is 1.28. The summed E-state index contributed by atoms with van der Waals surface area (Å²) < 4.78 is 0. The quantitative estimate of drug-likeness (QED) is 0.212. The van der Waals surface area contributed by atoms with E-state index in [9.17, 15) is 10.5 Å². The third kappa shape index (κ3) is 5.68. The van der Waals surface area contributed by atoms with Crippen molar-refractivity contribution in [3.05, 3.63) is 175 Å². The highest BCUT2D eigenvalue weighted by molar-refractivity contribution is 5.95. The van der Waals surface area contributed by atoms with E-state index in [1.54, 1.807) is 0 Å². The van der Waals surface area contributed by atoms with Gasteiger partial charge < -0.3 is 10.6 Å². The Hall–Kier alpha value is -6.50. The van der Waals surface area contributed by atoms with Crippen LogP contribution in [-0.2, 0) is 0 Å². The molecule has 0 atom stereocenters. The zero-order chi connectivity index (χ0) is 33.4. The van der Waals surface area contributed by atoms with Crippen LogP contribution in [0.2, 0.25) is 0 Å². The lowest BCUT2D eigenvalue weighted by Gasteiger charge is -2.13. The summed E-state index contributed by atoms with van der Waals surface area (Å²) in [5.41, 5.74) is 11.3. The van der Waals surface area contributed by atoms with E-state index in [0.29, 0.717) is 33.7 Å². The SMILES string of the molecule is Cc1cccc(NC2=c3ccc(C)cc3=N/C2=C(/C#N)c2ccc(/C(C#N)=C3\N=c4cc(C)ccc4=C3Nc3cccc(C)c3)cc2)c1. The van der Waals surface area contributed by atoms with Crippen LogP contribution in [0.1, 0.15) is 33.4 Å². The van der Waals surface area contributed by atoms with Crippen LogP contribution in [0.15, 0.2) is 131 Å². The summed E-state index contributed by atoms with van der Waals surface area (Å²) in [6.45, 7) is 8.17. The topological polar surface area (TPSA) is 96.4 Å². The maximum absolute atomic E-state index is 10.5. The van der Waals surface area contributed by atoms with Gasteiger partial charge in [-0.25, -0.2) is 9.98 Å². The Bertz CT molecular complexity index is 2380. The van der Waals surface area contributed by atoms with E-state index >= 15 is 0 Å². The number of fused-ring (bicyclic) bond motifs is 2. The standard InChI is InChI=1S/C42H32N6/c1-25-7-5-9-31(19-25)45-39-33-17-11-27(3)21-37(33)47-41(39)35(23-43)29-13-15-30(16-14-29)36(24-44)42-40(46-32-10-6-8-26(2)20-32)34-18-12-28(4)22-38(34)48-42/h5-22,45-46H,1-4H3/b41-35-,42-36-. The highest BCUT2D eigenvalue weighted by Gasteiger charge is 2.22. The normalized spacial score (nSPS) is 15.0. The molecule has 5 aromatic rings. The highest BCUT2D eigenvalue weighted by Crippen LogP contribution is 2.31. The Balaban J connectivity index is 1.33. The van der Waals surface area contributed by atoms with Crippen molar-refractivity contribution in [2.45, 2.75) is 27.7 Å². The number of rotatable bonds is 6. The van der Waals surface area contributed by atoms with E-state index < -0.39 is 0 Å². The minimum absolute atomic E-state index is 0.443. The second kappa shape index (κ2) is 12.4. The van der Waals surface area contributed by atoms with Gasteiger partial charge in [-0.3, -0.25) is 0 Å². The Labute approximate surface area is 279 Å². The third-order valence-corrected chi connectivity index (χ3v) is 8.52. The second-order valence-electron chi connectivity index (χ2n) is 12.3. The van der Waals surface area contributed by atoms with Crippen LogP contribution in [0.25, 0.3) is 22.5 Å². The molecule has 0 unspecified atom stereocenters. The van der Waals surface area contributed by atoms with Crippen LogP contribution in [0.3, 0.4) is 0 Å². The highest BCUT2D eigenvalue weighted by atomic mass is 15.0. The lowest BCUT2D eigenvalue weighted by Crippen LogP contribution is -2.25. The molecule has 0 bridgehead atoms. The molecule has 0 spiro atoms. The average Bonchev–Trinajstić information content (AvgIpc) is 3.59. The fraction of sp³-hybridized carbons (Fsp3) is 0.0952. The van der Waals surface area contributed by atoms with Crippen LogP contribution in [-0.4, -0.2) is 0 Å². The first-order valence-electron chi connectivity index (χ1n) is 15.8. The fourth-order valence-corrected chi connectivity index (χ4v) is 6.16. The molecule has 6 heteroatoms. The molecule has 0 saturated heterocycles. The Morgan fingerprint density at radius 1 is 0.500 bits per heavy atom. The number of benzene rings is 5. The molecule has 0 radical (unpaired) electrons. The zero-order valence-corrected chi connectivity index (χ0v) is 27.2. The number of nitriles is 2. The minimum Gasteiger partial charge on any atom is -0.353 e. The molecular weight excluding hydrogens is 589 g/mol. The van der Waals surface area contributed by atoms with Gasteiger partial charge in [0.05, 0.1) is 33.3 Å². The first-order valence-corrected chi connectivity index (χ1v) is 15.8. The van der Waals surface area contributed by atoms with Gasteiger partial charge in [-0.1, -0.05) is 72.8 Å². The predicted octanol–water partition coefficient (Wildman–Crippen LogP) is 6.50. The molecule has 0 aromatic heterocycles. The Morgan fingerprint density at radius 2 is 0.896 bits per heavy atom. The van der Waals surface area contributed by atoms with Gasteiger partial charge in [-0.15, -0.1) is 0 Å². The summed E-state index contributed by atoms with van der Waals surface area (Å²) in [4.78, 5) is 9.90. The zero-order valence-electron chi connectivity index (χ0n) is 27.2. The molecule has 2 aliphatic heterocycles. The predicted molar refractivity (Wildman–Crippen MR) is 192 cm³/mol. The molecule has 6 nitrogen and oxygen atoms in total. The Kier molecular flexibility index (Phi) is 7.77. The number of allylic oxidation sites excluding steroid dienone is 2. The monoisotopic (exact) mass is 620 g/mol. The number of aryl methyl sites for hydroxylation is 4. The smallest absolute Gasteiger partial charge is 0.106 e. The van der Waals surface area contributed by atoms with E-state index in [4.69, 9.17) is 9.98 Å². The molecule has 48 heavy (non-hydrogen) atoms. The van der Waals surface area contributed by atoms with Gasteiger partial charge in [-0.05, 0) is 97.5 Å². The van der Waals surface area contributed by atoms with E-state index in [-0.39, 0.29) is 0 Å². The third-order valence-electron chi connectivity index (χ3n) is 8.52. The maximum atomic E-state index is 10.5. The molecule has 0 saturated carbocycles. The number of anilines is 2. The van der Waals surface area contributed by atoms with Gasteiger partial charge in [0.15, 0.2) is 0 Å². The molecule has 2 N–H and O–H groups in total. The van der Waals surface area contributed by atoms with Crippen molar-refractivity contribution in [3.63, 3.8) is 0 Å². The second-order valence-corrected chi connectivity index (χ2v) is 12.3. The van der Waals surface area contributed by atoms with Crippen molar-refractivity contribution in [2.75, 3.05) is 10.6 Å². The van der Waals surface area contributed by atoms with Gasteiger partial charge in [0, 0.05) is 21.8 Å². The summed E-state index contributed by atoms with van der Waals surface area (Å²) in [7, 11) is 0. The first kappa shape index (κ1) is 30.2. The number of nitrogens with zero attached hydrogens (tertiary/aromatic N) is 4. The number of hydrogen-bond donors (Lipinski definition) is 2. The van der Waals surface area contributed by atoms with Gasteiger partial charge in [0.1, 0.15) is 23.5 Å². The van der Waals surface area contributed by atoms with Crippen molar-refractivity contribution in [1.29, 1.82) is 10.5 Å². The van der Waals surface area contributed by atoms with E-state index in [2.05, 4.69) is 47.0 Å². The van der Waals surface area contributed by atoms with Crippen LogP contribution >= 0.6 is 0 Å². The maximum Gasteiger partial charge on any atom is 0.106 e. The van der Waals surface area contributed by atoms with Gasteiger partial charge in [0.2, 0.25) is 0 Å². The summed E-state index contributed by atoms with van der Waals surface area (Å²) in [5.74, 6) is 0. The fourth-order valence-electron chi connectivity index (χ4n) is 6.16. The van der Waals surface area contributed by atoms with Crippen molar-refractivity contribution >= 4 is 33.9 Å². The lowest BCUT2D eigenvalue weighted by atomic mass is 9.98. The van der Waals surface area contributed by atoms with Crippen LogP contribution in [0.4, 0.5) is 11.4 Å². The largest absolute Gasteiger partial charge is 0.353 e. The molecule has 230 valence electrons. The summed E-state index contributed by atoms with van der Waals surface area (Å²) in [6.07, 6.45) is 0. The summed E-state index contributed by atoms with van der Waals surface area (Å²) >= 11 is 0. The van der Waals surface area contributed by atoms with Crippen LogP contribution < -0.4 is 31.8 Å². The van der Waals surface area contributed by atoms with Crippen molar-refractivity contribution < 1.29 is 0 Å². The molecule has 0 fully saturated rings. The minimum atomic E-state index is 0.443. The molecule has 0 amide bonds. The van der Waals surface area contributed by atoms with Gasteiger partial charge in [0.25, 0.3) is 0 Å². The molecular formula is C42H32N6. The van der Waals surface area contributed by atoms with E-state index in [1.165, 1.54) is 0 Å². The van der Waals surface area contributed by atoms with Crippen molar-refractivity contribution in [3.8, 4) is 12.1 Å². The number of hydrogen-bond acceptors (Lipinski definition) is 6. The molecule has 7 rings (SSSR count). The molecule has 2 heterocycles. The van der Waals surface area contributed by atoms with Gasteiger partial charge in [-0.2, -0.15) is 10.5 Å². The van der Waals surface area contributed by atoms with Gasteiger partial charge >= 0.3 is 0 Å². The summed E-state index contributed by atoms with van der Waals surface area (Å²) in [5, 5.41) is 31.7. The van der Waals surface area contributed by atoms with Crippen molar-refractivity contribution in [2.24, 2.45) is 9.98 Å². The molecule has 2 aliphatic rings. The van der Waals surface area contributed by atoms with E-state index in [0.717, 1.165) is 66.2 Å². The van der Waals surface area contributed by atoms with E-state index in [1.807, 2.05) is 113 Å². The van der Waals surface area contributed by atoms with Crippen molar-refractivity contribution in [1.82, 2.24) is 0 Å². The Morgan fingerprint density at radius 3 is 1.27 bits per heavy atom. The molecule has 0 aliphatic carbocycles. The average molecular weight is 621 g/mol. The first-order chi connectivity index (χ1) is 23.3. The van der Waals surface area contributed by atoms with Crippen LogP contribution in [0.5, 0.6) is 0 Å². The summed E-state index contributed by atoms with van der Waals surface area (Å²) in [6, 6.07) is 40.9.